The highest BCUT2D eigenvalue weighted by Gasteiger charge is 2.37. The number of aromatic amines is 1. The van der Waals surface area contributed by atoms with E-state index >= 15 is 0 Å². The van der Waals surface area contributed by atoms with Crippen molar-refractivity contribution in [3.05, 3.63) is 42.0 Å². The Morgan fingerprint density at radius 2 is 1.88 bits per heavy atom. The Labute approximate surface area is 180 Å². The molecule has 1 aliphatic carbocycles. The predicted octanol–water partition coefficient (Wildman–Crippen LogP) is 4.30. The Morgan fingerprint density at radius 3 is 2.62 bits per heavy atom. The van der Waals surface area contributed by atoms with Crippen molar-refractivity contribution in [3.8, 4) is 11.4 Å². The smallest absolute Gasteiger partial charge is 0.378 e. The Morgan fingerprint density at radius 1 is 1.06 bits per heavy atom. The number of hydrogen-bond donors (Lipinski definition) is 1. The molecule has 6 rings (SSSR count). The molecule has 0 radical (unpaired) electrons. The molecule has 0 unspecified atom stereocenters. The van der Waals surface area contributed by atoms with Gasteiger partial charge in [0.15, 0.2) is 5.82 Å². The molecule has 1 aliphatic heterocycles. The summed E-state index contributed by atoms with van der Waals surface area (Å²) in [5, 5.41) is 1.21. The number of pyridine rings is 2. The van der Waals surface area contributed by atoms with E-state index in [1.165, 1.54) is 0 Å². The van der Waals surface area contributed by atoms with Crippen LogP contribution in [0.1, 0.15) is 29.9 Å². The third-order valence-electron chi connectivity index (χ3n) is 6.06. The highest BCUT2D eigenvalue weighted by molar-refractivity contribution is 5.98. The van der Waals surface area contributed by atoms with Gasteiger partial charge in [-0.05, 0) is 30.4 Å². The van der Waals surface area contributed by atoms with E-state index in [4.69, 9.17) is 9.72 Å². The second-order valence-corrected chi connectivity index (χ2v) is 8.15. The first-order valence-corrected chi connectivity index (χ1v) is 10.5. The van der Waals surface area contributed by atoms with Crippen LogP contribution in [-0.2, 0) is 10.9 Å². The van der Waals surface area contributed by atoms with Crippen LogP contribution >= 0.6 is 0 Å². The molecule has 2 fully saturated rings. The lowest BCUT2D eigenvalue weighted by Crippen LogP contribution is -2.37. The molecule has 0 spiro atoms. The van der Waals surface area contributed by atoms with Gasteiger partial charge in [0.2, 0.25) is 0 Å². The lowest BCUT2D eigenvalue weighted by Gasteiger charge is -2.29. The molecule has 5 heterocycles. The van der Waals surface area contributed by atoms with Crippen molar-refractivity contribution in [1.82, 2.24) is 24.9 Å². The Hall–Kier alpha value is -3.27. The maximum atomic E-state index is 14.0. The Balaban J connectivity index is 1.66. The number of alkyl halides is 3. The van der Waals surface area contributed by atoms with Gasteiger partial charge in [-0.1, -0.05) is 0 Å². The molecule has 1 saturated carbocycles. The van der Waals surface area contributed by atoms with Crippen molar-refractivity contribution < 1.29 is 17.9 Å². The fourth-order valence-corrected chi connectivity index (χ4v) is 4.37. The van der Waals surface area contributed by atoms with E-state index in [-0.39, 0.29) is 11.4 Å². The summed E-state index contributed by atoms with van der Waals surface area (Å²) in [5.74, 6) is 1.06. The molecule has 1 N–H and O–H groups in total. The molecule has 1 saturated heterocycles. The summed E-state index contributed by atoms with van der Waals surface area (Å²) in [6.45, 7) is 2.30. The fourth-order valence-electron chi connectivity index (χ4n) is 4.37. The largest absolute Gasteiger partial charge is 0.418 e. The minimum Gasteiger partial charge on any atom is -0.378 e. The molecule has 4 aromatic heterocycles. The van der Waals surface area contributed by atoms with Crippen LogP contribution in [0.15, 0.2) is 30.9 Å². The standard InChI is InChI=1S/C22H19F3N6O/c23-22(24,25)15-10-28-19-13(3-4-27-19)17(15)20-29-16-11-26-9-14(12-1-2-12)18(16)21(30-20)31-5-7-32-8-6-31/h3-4,9-12H,1-2,5-8H2,(H,27,28). The molecular formula is C22H19F3N6O. The number of hydrogen-bond acceptors (Lipinski definition) is 6. The number of rotatable bonds is 3. The van der Waals surface area contributed by atoms with E-state index in [0.29, 0.717) is 54.6 Å². The summed E-state index contributed by atoms with van der Waals surface area (Å²) in [4.78, 5) is 22.6. The second kappa shape index (κ2) is 7.13. The van der Waals surface area contributed by atoms with E-state index in [2.05, 4.69) is 24.8 Å². The van der Waals surface area contributed by atoms with Gasteiger partial charge in [-0.3, -0.25) is 4.98 Å². The minimum atomic E-state index is -4.60. The minimum absolute atomic E-state index is 0.0214. The summed E-state index contributed by atoms with van der Waals surface area (Å²) in [6, 6.07) is 1.58. The molecule has 0 bridgehead atoms. The Bertz CT molecular complexity index is 1320. The monoisotopic (exact) mass is 440 g/mol. The van der Waals surface area contributed by atoms with Gasteiger partial charge in [-0.25, -0.2) is 15.0 Å². The molecule has 2 aliphatic rings. The quantitative estimate of drug-likeness (QED) is 0.512. The van der Waals surface area contributed by atoms with Crippen LogP contribution < -0.4 is 4.90 Å². The summed E-state index contributed by atoms with van der Waals surface area (Å²) < 4.78 is 47.4. The van der Waals surface area contributed by atoms with Gasteiger partial charge in [-0.15, -0.1) is 0 Å². The molecule has 0 amide bonds. The van der Waals surface area contributed by atoms with Gasteiger partial charge >= 0.3 is 6.18 Å². The number of aromatic nitrogens is 5. The molecule has 0 atom stereocenters. The predicted molar refractivity (Wildman–Crippen MR) is 112 cm³/mol. The van der Waals surface area contributed by atoms with E-state index in [1.54, 1.807) is 18.5 Å². The maximum Gasteiger partial charge on any atom is 0.418 e. The number of nitrogens with one attached hydrogen (secondary N) is 1. The van der Waals surface area contributed by atoms with Crippen molar-refractivity contribution in [1.29, 1.82) is 0 Å². The molecule has 164 valence electrons. The third-order valence-corrected chi connectivity index (χ3v) is 6.06. The second-order valence-electron chi connectivity index (χ2n) is 8.15. The first kappa shape index (κ1) is 19.4. The van der Waals surface area contributed by atoms with E-state index in [9.17, 15) is 13.2 Å². The summed E-state index contributed by atoms with van der Waals surface area (Å²) in [7, 11) is 0. The van der Waals surface area contributed by atoms with Crippen molar-refractivity contribution in [2.24, 2.45) is 0 Å². The number of morpholine rings is 1. The third kappa shape index (κ3) is 3.17. The van der Waals surface area contributed by atoms with E-state index in [1.807, 2.05) is 6.20 Å². The van der Waals surface area contributed by atoms with Gasteiger partial charge in [0.05, 0.1) is 30.5 Å². The number of ether oxygens (including phenoxy) is 1. The zero-order valence-corrected chi connectivity index (χ0v) is 17.0. The molecule has 7 nitrogen and oxygen atoms in total. The van der Waals surface area contributed by atoms with E-state index in [0.717, 1.165) is 30.0 Å². The first-order valence-electron chi connectivity index (χ1n) is 10.5. The van der Waals surface area contributed by atoms with Gasteiger partial charge in [0.1, 0.15) is 11.5 Å². The van der Waals surface area contributed by atoms with Crippen LogP contribution in [0.4, 0.5) is 19.0 Å². The molecular weight excluding hydrogens is 421 g/mol. The average molecular weight is 440 g/mol. The van der Waals surface area contributed by atoms with Crippen LogP contribution in [0, 0.1) is 0 Å². The van der Waals surface area contributed by atoms with Crippen molar-refractivity contribution in [2.45, 2.75) is 24.9 Å². The summed E-state index contributed by atoms with van der Waals surface area (Å²) in [6.07, 6.45) is 3.39. The van der Waals surface area contributed by atoms with Gasteiger partial charge < -0.3 is 14.6 Å². The van der Waals surface area contributed by atoms with Crippen LogP contribution in [0.3, 0.4) is 0 Å². The van der Waals surface area contributed by atoms with Crippen LogP contribution in [0.5, 0.6) is 0 Å². The van der Waals surface area contributed by atoms with Gasteiger partial charge in [0, 0.05) is 48.0 Å². The van der Waals surface area contributed by atoms with Crippen LogP contribution in [-0.4, -0.2) is 51.2 Å². The molecule has 10 heteroatoms. The van der Waals surface area contributed by atoms with Crippen molar-refractivity contribution >= 4 is 27.8 Å². The normalized spacial score (nSPS) is 17.4. The number of nitrogens with zero attached hydrogens (tertiary/aromatic N) is 5. The topological polar surface area (TPSA) is 79.8 Å². The zero-order valence-electron chi connectivity index (χ0n) is 17.0. The number of H-pyrrole nitrogens is 1. The summed E-state index contributed by atoms with van der Waals surface area (Å²) >= 11 is 0. The van der Waals surface area contributed by atoms with Crippen molar-refractivity contribution in [3.63, 3.8) is 0 Å². The zero-order chi connectivity index (χ0) is 21.9. The number of halogens is 3. The average Bonchev–Trinajstić information content (AvgIpc) is 3.53. The Kier molecular flexibility index (Phi) is 4.32. The van der Waals surface area contributed by atoms with Crippen molar-refractivity contribution in [2.75, 3.05) is 31.2 Å². The number of fused-ring (bicyclic) bond motifs is 2. The van der Waals surface area contributed by atoms with Crippen LogP contribution in [0.25, 0.3) is 33.3 Å². The molecule has 4 aromatic rings. The molecule has 0 aromatic carbocycles. The van der Waals surface area contributed by atoms with Gasteiger partial charge in [-0.2, -0.15) is 13.2 Å². The molecule has 32 heavy (non-hydrogen) atoms. The first-order chi connectivity index (χ1) is 15.5. The number of anilines is 1. The fraction of sp³-hybridized carbons (Fsp3) is 0.364. The van der Waals surface area contributed by atoms with Gasteiger partial charge in [0.25, 0.3) is 0 Å². The lowest BCUT2D eigenvalue weighted by atomic mass is 10.0. The van der Waals surface area contributed by atoms with E-state index < -0.39 is 11.7 Å². The maximum absolute atomic E-state index is 14.0. The SMILES string of the molecule is FC(F)(F)c1cnc2[nH]ccc2c1-c1nc(N2CCOCC2)c2c(C3CC3)cncc2n1. The highest BCUT2D eigenvalue weighted by atomic mass is 19.4. The highest BCUT2D eigenvalue weighted by Crippen LogP contribution is 2.46. The lowest BCUT2D eigenvalue weighted by molar-refractivity contribution is -0.137. The summed E-state index contributed by atoms with van der Waals surface area (Å²) in [5.41, 5.74) is 1.04. The van der Waals surface area contributed by atoms with Crippen LogP contribution in [0.2, 0.25) is 0 Å².